The molecule has 1 N–H and O–H groups in total. The summed E-state index contributed by atoms with van der Waals surface area (Å²) in [5.41, 5.74) is 3.51. The molecule has 0 aliphatic heterocycles. The zero-order chi connectivity index (χ0) is 15.4. The van der Waals surface area contributed by atoms with Crippen molar-refractivity contribution in [3.63, 3.8) is 0 Å². The number of aryl methyl sites for hydroxylation is 3. The minimum absolute atomic E-state index is 0.234. The van der Waals surface area contributed by atoms with E-state index in [0.717, 1.165) is 5.56 Å². The van der Waals surface area contributed by atoms with Crippen LogP contribution in [0.1, 0.15) is 23.6 Å². The van der Waals surface area contributed by atoms with Gasteiger partial charge in [-0.25, -0.2) is 9.48 Å². The molecule has 0 saturated carbocycles. The van der Waals surface area contributed by atoms with Gasteiger partial charge in [0.05, 0.1) is 0 Å². The molecule has 7 nitrogen and oxygen atoms in total. The Bertz CT molecular complexity index is 616. The van der Waals surface area contributed by atoms with Gasteiger partial charge in [0.2, 0.25) is 0 Å². The van der Waals surface area contributed by atoms with Gasteiger partial charge in [-0.15, -0.1) is 0 Å². The van der Waals surface area contributed by atoms with Crippen molar-refractivity contribution >= 4 is 12.0 Å². The summed E-state index contributed by atoms with van der Waals surface area (Å²) in [4.78, 5) is 13.8. The number of carbonyl (C=O) groups is 1. The third-order valence-corrected chi connectivity index (χ3v) is 3.44. The highest BCUT2D eigenvalue weighted by molar-refractivity contribution is 5.87. The molecule has 0 aliphatic carbocycles. The summed E-state index contributed by atoms with van der Waals surface area (Å²) in [7, 11) is 1.75. The number of nitrogens with zero attached hydrogens (tertiary/aromatic N) is 5. The van der Waals surface area contributed by atoms with Crippen LogP contribution in [0.4, 0.5) is 10.7 Å². The van der Waals surface area contributed by atoms with Gasteiger partial charge >= 0.3 is 6.03 Å². The second-order valence-electron chi connectivity index (χ2n) is 4.97. The van der Waals surface area contributed by atoms with Crippen LogP contribution in [0.2, 0.25) is 0 Å². The smallest absolute Gasteiger partial charge is 0.323 e. The highest BCUT2D eigenvalue weighted by Gasteiger charge is 2.15. The van der Waals surface area contributed by atoms with Gasteiger partial charge in [0.15, 0.2) is 0 Å². The third-order valence-electron chi connectivity index (χ3n) is 3.44. The van der Waals surface area contributed by atoms with E-state index >= 15 is 0 Å². The summed E-state index contributed by atoms with van der Waals surface area (Å²) < 4.78 is 1.53. The molecule has 0 aliphatic rings. The molecule has 1 aromatic heterocycles. The van der Waals surface area contributed by atoms with Gasteiger partial charge in [0, 0.05) is 20.1 Å². The minimum atomic E-state index is -0.234. The first-order valence-corrected chi connectivity index (χ1v) is 6.86. The van der Waals surface area contributed by atoms with Crippen LogP contribution in [-0.2, 0) is 13.1 Å². The molecule has 0 unspecified atom stereocenters. The Labute approximate surface area is 123 Å². The van der Waals surface area contributed by atoms with Crippen molar-refractivity contribution in [1.29, 1.82) is 0 Å². The third kappa shape index (κ3) is 3.36. The number of aromatic nitrogens is 4. The van der Waals surface area contributed by atoms with Crippen LogP contribution in [0.3, 0.4) is 0 Å². The van der Waals surface area contributed by atoms with Crippen molar-refractivity contribution in [2.45, 2.75) is 33.9 Å². The van der Waals surface area contributed by atoms with Gasteiger partial charge in [-0.05, 0) is 47.9 Å². The Kier molecular flexibility index (Phi) is 4.52. The van der Waals surface area contributed by atoms with Crippen LogP contribution >= 0.6 is 0 Å². The molecule has 0 radical (unpaired) electrons. The van der Waals surface area contributed by atoms with Gasteiger partial charge in [-0.3, -0.25) is 5.32 Å². The molecule has 2 rings (SSSR count). The van der Waals surface area contributed by atoms with Crippen molar-refractivity contribution < 1.29 is 4.79 Å². The highest BCUT2D eigenvalue weighted by atomic mass is 16.2. The van der Waals surface area contributed by atoms with E-state index in [0.29, 0.717) is 19.0 Å². The quantitative estimate of drug-likeness (QED) is 0.933. The molecule has 0 fully saturated rings. The lowest BCUT2D eigenvalue weighted by atomic mass is 10.0. The lowest BCUT2D eigenvalue weighted by molar-refractivity contribution is 0.220. The number of anilines is 1. The number of urea groups is 1. The van der Waals surface area contributed by atoms with E-state index in [1.54, 1.807) is 11.9 Å². The Morgan fingerprint density at radius 3 is 2.62 bits per heavy atom. The Balaban J connectivity index is 2.06. The molecule has 1 aromatic carbocycles. The van der Waals surface area contributed by atoms with Crippen molar-refractivity contribution in [2.75, 3.05) is 12.4 Å². The van der Waals surface area contributed by atoms with E-state index in [2.05, 4.69) is 20.8 Å². The van der Waals surface area contributed by atoms with Gasteiger partial charge in [-0.2, -0.15) is 0 Å². The number of amides is 2. The Hall–Kier alpha value is -2.44. The first-order valence-electron chi connectivity index (χ1n) is 6.86. The fraction of sp³-hybridized carbons (Fsp3) is 0.429. The summed E-state index contributed by atoms with van der Waals surface area (Å²) in [6, 6.07) is 5.88. The normalized spacial score (nSPS) is 10.5. The van der Waals surface area contributed by atoms with Crippen LogP contribution in [-0.4, -0.2) is 38.2 Å². The first-order chi connectivity index (χ1) is 10.0. The topological polar surface area (TPSA) is 75.9 Å². The predicted molar refractivity (Wildman–Crippen MR) is 79.9 cm³/mol. The second kappa shape index (κ2) is 6.34. The van der Waals surface area contributed by atoms with Crippen molar-refractivity contribution in [1.82, 2.24) is 25.1 Å². The van der Waals surface area contributed by atoms with Crippen molar-refractivity contribution in [3.8, 4) is 0 Å². The van der Waals surface area contributed by atoms with E-state index in [1.807, 2.05) is 39.0 Å². The number of hydrogen-bond donors (Lipinski definition) is 1. The zero-order valence-corrected chi connectivity index (χ0v) is 12.8. The second-order valence-corrected chi connectivity index (χ2v) is 4.97. The zero-order valence-electron chi connectivity index (χ0n) is 12.8. The molecule has 2 aromatic rings. The maximum absolute atomic E-state index is 12.2. The van der Waals surface area contributed by atoms with E-state index in [-0.39, 0.29) is 6.03 Å². The number of benzene rings is 1. The fourth-order valence-electron chi connectivity index (χ4n) is 2.11. The number of rotatable bonds is 4. The van der Waals surface area contributed by atoms with Crippen LogP contribution in [0.5, 0.6) is 0 Å². The summed E-state index contributed by atoms with van der Waals surface area (Å²) in [6.45, 7) is 7.14. The Morgan fingerprint density at radius 2 is 2.00 bits per heavy atom. The van der Waals surface area contributed by atoms with Crippen LogP contribution < -0.4 is 5.32 Å². The molecule has 0 bridgehead atoms. The molecule has 2 amide bonds. The SMILES string of the molecule is CCn1nnnc1NC(=O)N(C)Cc1c(C)cccc1C. The fourth-order valence-corrected chi connectivity index (χ4v) is 2.11. The summed E-state index contributed by atoms with van der Waals surface area (Å²) >= 11 is 0. The van der Waals surface area contributed by atoms with E-state index in [4.69, 9.17) is 0 Å². The number of tetrazole rings is 1. The van der Waals surface area contributed by atoms with Crippen LogP contribution in [0.15, 0.2) is 18.2 Å². The number of nitrogens with one attached hydrogen (secondary N) is 1. The van der Waals surface area contributed by atoms with Gasteiger partial charge in [0.1, 0.15) is 0 Å². The molecule has 0 atom stereocenters. The summed E-state index contributed by atoms with van der Waals surface area (Å²) in [5.74, 6) is 0.357. The lowest BCUT2D eigenvalue weighted by Gasteiger charge is -2.20. The molecule has 112 valence electrons. The monoisotopic (exact) mass is 288 g/mol. The molecular weight excluding hydrogens is 268 g/mol. The average Bonchev–Trinajstić information content (AvgIpc) is 2.90. The minimum Gasteiger partial charge on any atom is -0.323 e. The standard InChI is InChI=1S/C14H20N6O/c1-5-20-13(16-17-18-20)15-14(21)19(4)9-12-10(2)7-6-8-11(12)3/h6-8H,5,9H2,1-4H3,(H,15,16,18,21). The maximum atomic E-state index is 12.2. The van der Waals surface area contributed by atoms with E-state index < -0.39 is 0 Å². The van der Waals surface area contributed by atoms with E-state index in [1.165, 1.54) is 15.8 Å². The predicted octanol–water partition coefficient (Wildman–Crippen LogP) is 1.97. The largest absolute Gasteiger partial charge is 0.324 e. The van der Waals surface area contributed by atoms with Gasteiger partial charge in [0.25, 0.3) is 5.95 Å². The summed E-state index contributed by atoms with van der Waals surface area (Å²) in [5, 5.41) is 13.8. The Morgan fingerprint density at radius 1 is 1.33 bits per heavy atom. The number of carbonyl (C=O) groups excluding carboxylic acids is 1. The molecule has 21 heavy (non-hydrogen) atoms. The van der Waals surface area contributed by atoms with Crippen molar-refractivity contribution in [2.24, 2.45) is 0 Å². The molecular formula is C14H20N6O. The van der Waals surface area contributed by atoms with Gasteiger partial charge in [-0.1, -0.05) is 23.3 Å². The van der Waals surface area contributed by atoms with E-state index in [9.17, 15) is 4.79 Å². The summed E-state index contributed by atoms with van der Waals surface area (Å²) in [6.07, 6.45) is 0. The average molecular weight is 288 g/mol. The number of hydrogen-bond acceptors (Lipinski definition) is 4. The van der Waals surface area contributed by atoms with Crippen LogP contribution in [0, 0.1) is 13.8 Å². The molecule has 0 saturated heterocycles. The highest BCUT2D eigenvalue weighted by Crippen LogP contribution is 2.15. The van der Waals surface area contributed by atoms with Gasteiger partial charge < -0.3 is 4.90 Å². The van der Waals surface area contributed by atoms with Crippen LogP contribution in [0.25, 0.3) is 0 Å². The lowest BCUT2D eigenvalue weighted by Crippen LogP contribution is -2.32. The first kappa shape index (κ1) is 15.0. The molecule has 0 spiro atoms. The molecule has 7 heteroatoms. The maximum Gasteiger partial charge on any atom is 0.324 e. The molecule has 1 heterocycles. The van der Waals surface area contributed by atoms with Crippen molar-refractivity contribution in [3.05, 3.63) is 34.9 Å².